The molecule has 0 aliphatic heterocycles. The van der Waals surface area contributed by atoms with E-state index in [2.05, 4.69) is 51.3 Å². The van der Waals surface area contributed by atoms with Crippen molar-refractivity contribution in [2.75, 3.05) is 0 Å². The van der Waals surface area contributed by atoms with Gasteiger partial charge in [-0.15, -0.1) is 0 Å². The molecule has 302 valence electrons. The van der Waals surface area contributed by atoms with Gasteiger partial charge in [-0.25, -0.2) is 28.8 Å². The molecule has 12 nitrogen and oxygen atoms in total. The van der Waals surface area contributed by atoms with Crippen molar-refractivity contribution in [1.29, 1.82) is 0 Å². The number of rotatable bonds is 14. The smallest absolute Gasteiger partial charge is 0.338 e. The lowest BCUT2D eigenvalue weighted by atomic mass is 10.0. The molecule has 60 heavy (non-hydrogen) atoms. The first-order valence-electron chi connectivity index (χ1n) is 17.7. The predicted octanol–water partition coefficient (Wildman–Crippen LogP) is 8.53. The molecule has 4 rings (SSSR count). The van der Waals surface area contributed by atoms with Gasteiger partial charge in [-0.1, -0.05) is 63.4 Å². The standard InChI is InChI=1S/C48H38O12/c1-11-43(49)55-35-19-21-37(41(26-35)59-47(53)29(7)8)36-20-14-31(23-40(36)58-46(52)28(5)6)13-15-32-16-17-33(24-39(32)57-45(51)27(3)4)34-18-22-38(56-44(50)12-2)42(25-34)60-48(54)30(9)10/h11-12,14,16-26H,1-3,5,7,9H2,4,6,8,10H3. The molecule has 0 radical (unpaired) electrons. The second kappa shape index (κ2) is 19.7. The zero-order valence-electron chi connectivity index (χ0n) is 33.2. The van der Waals surface area contributed by atoms with Crippen molar-refractivity contribution in [3.63, 3.8) is 0 Å². The molecule has 0 spiro atoms. The number of carbonyl (C=O) groups excluding carboxylic acids is 6. The number of hydrogen-bond acceptors (Lipinski definition) is 12. The quantitative estimate of drug-likeness (QED) is 0.0519. The fraction of sp³-hybridized carbons (Fsp3) is 0.0833. The van der Waals surface area contributed by atoms with Gasteiger partial charge in [-0.3, -0.25) is 0 Å². The van der Waals surface area contributed by atoms with Crippen LogP contribution in [0.2, 0.25) is 0 Å². The van der Waals surface area contributed by atoms with E-state index in [0.717, 1.165) is 12.2 Å². The van der Waals surface area contributed by atoms with E-state index in [4.69, 9.17) is 28.4 Å². The second-order valence-electron chi connectivity index (χ2n) is 12.9. The second-order valence-corrected chi connectivity index (χ2v) is 12.9. The number of ether oxygens (including phenoxy) is 6. The van der Waals surface area contributed by atoms with E-state index in [1.165, 1.54) is 70.2 Å². The van der Waals surface area contributed by atoms with Crippen LogP contribution in [0.3, 0.4) is 0 Å². The minimum atomic E-state index is -0.778. The summed E-state index contributed by atoms with van der Waals surface area (Å²) in [5.41, 5.74) is 2.55. The van der Waals surface area contributed by atoms with Gasteiger partial charge in [0.2, 0.25) is 0 Å². The molecule has 0 atom stereocenters. The van der Waals surface area contributed by atoms with E-state index in [0.29, 0.717) is 22.3 Å². The minimum absolute atomic E-state index is 0.00733. The third-order valence-corrected chi connectivity index (χ3v) is 7.79. The van der Waals surface area contributed by atoms with Gasteiger partial charge in [0.05, 0.1) is 5.56 Å². The summed E-state index contributed by atoms with van der Waals surface area (Å²) in [4.78, 5) is 74.6. The number of esters is 6. The average molecular weight is 807 g/mol. The maximum absolute atomic E-state index is 12.8. The summed E-state index contributed by atoms with van der Waals surface area (Å²) < 4.78 is 32.9. The molecule has 4 aromatic rings. The minimum Gasteiger partial charge on any atom is -0.423 e. The topological polar surface area (TPSA) is 158 Å². The molecule has 0 aliphatic carbocycles. The van der Waals surface area contributed by atoms with E-state index in [1.54, 1.807) is 30.3 Å². The number of benzene rings is 4. The first-order valence-corrected chi connectivity index (χ1v) is 17.7. The van der Waals surface area contributed by atoms with E-state index >= 15 is 0 Å². The Morgan fingerprint density at radius 1 is 0.450 bits per heavy atom. The molecular weight excluding hydrogens is 769 g/mol. The molecule has 0 fully saturated rings. The van der Waals surface area contributed by atoms with Gasteiger partial charge in [0.15, 0.2) is 11.5 Å². The summed E-state index contributed by atoms with van der Waals surface area (Å²) >= 11 is 0. The molecular formula is C48H38O12. The van der Waals surface area contributed by atoms with Crippen LogP contribution in [0.15, 0.2) is 147 Å². The molecule has 0 aliphatic rings. The van der Waals surface area contributed by atoms with Gasteiger partial charge in [0, 0.05) is 57.2 Å². The van der Waals surface area contributed by atoms with Crippen LogP contribution in [0.25, 0.3) is 22.3 Å². The van der Waals surface area contributed by atoms with Crippen molar-refractivity contribution < 1.29 is 57.2 Å². The van der Waals surface area contributed by atoms with Gasteiger partial charge in [-0.05, 0) is 93.4 Å². The van der Waals surface area contributed by atoms with E-state index in [9.17, 15) is 28.8 Å². The summed E-state index contributed by atoms with van der Waals surface area (Å²) in [7, 11) is 0. The molecule has 0 saturated heterocycles. The normalized spacial score (nSPS) is 10.0. The van der Waals surface area contributed by atoms with Crippen molar-refractivity contribution in [1.82, 2.24) is 0 Å². The van der Waals surface area contributed by atoms with Gasteiger partial charge >= 0.3 is 35.8 Å². The summed E-state index contributed by atoms with van der Waals surface area (Å²) in [5.74, 6) is 1.36. The monoisotopic (exact) mass is 806 g/mol. The lowest BCUT2D eigenvalue weighted by molar-refractivity contribution is -0.132. The molecule has 12 heteroatoms. The molecule has 0 N–H and O–H groups in total. The van der Waals surface area contributed by atoms with Crippen molar-refractivity contribution in [3.8, 4) is 68.6 Å². The summed E-state index contributed by atoms with van der Waals surface area (Å²) in [6.07, 6.45) is 1.92. The first kappa shape index (κ1) is 44.4. The van der Waals surface area contributed by atoms with Gasteiger partial charge < -0.3 is 28.4 Å². The Balaban J connectivity index is 1.85. The molecule has 0 aromatic heterocycles. The van der Waals surface area contributed by atoms with Crippen molar-refractivity contribution in [2.24, 2.45) is 0 Å². The molecule has 0 bridgehead atoms. The lowest BCUT2D eigenvalue weighted by Gasteiger charge is -2.15. The van der Waals surface area contributed by atoms with Crippen LogP contribution in [-0.2, 0) is 28.8 Å². The van der Waals surface area contributed by atoms with Gasteiger partial charge in [0.25, 0.3) is 0 Å². The van der Waals surface area contributed by atoms with Gasteiger partial charge in [0.1, 0.15) is 23.0 Å². The van der Waals surface area contributed by atoms with Gasteiger partial charge in [-0.2, -0.15) is 0 Å². The average Bonchev–Trinajstić information content (AvgIpc) is 3.20. The fourth-order valence-corrected chi connectivity index (χ4v) is 4.72. The van der Waals surface area contributed by atoms with E-state index in [1.807, 2.05) is 0 Å². The fourth-order valence-electron chi connectivity index (χ4n) is 4.72. The Bertz CT molecular complexity index is 2610. The van der Waals surface area contributed by atoms with Crippen LogP contribution < -0.4 is 28.4 Å². The number of hydrogen-bond donors (Lipinski definition) is 0. The Kier molecular flexibility index (Phi) is 14.6. The summed E-state index contributed by atoms with van der Waals surface area (Å²) in [6, 6.07) is 18.2. The zero-order valence-corrected chi connectivity index (χ0v) is 33.2. The van der Waals surface area contributed by atoms with Crippen LogP contribution >= 0.6 is 0 Å². The predicted molar refractivity (Wildman–Crippen MR) is 223 cm³/mol. The molecule has 0 unspecified atom stereocenters. The largest absolute Gasteiger partial charge is 0.423 e. The van der Waals surface area contributed by atoms with Crippen molar-refractivity contribution in [3.05, 3.63) is 158 Å². The Hall–Kier alpha value is -8.30. The van der Waals surface area contributed by atoms with Crippen LogP contribution in [0, 0.1) is 11.8 Å². The highest BCUT2D eigenvalue weighted by Crippen LogP contribution is 2.40. The maximum atomic E-state index is 12.8. The Labute approximate surface area is 346 Å². The highest BCUT2D eigenvalue weighted by molar-refractivity contribution is 5.94. The van der Waals surface area contributed by atoms with Crippen molar-refractivity contribution >= 4 is 35.8 Å². The third-order valence-electron chi connectivity index (χ3n) is 7.79. The lowest BCUT2D eigenvalue weighted by Crippen LogP contribution is -2.11. The van der Waals surface area contributed by atoms with Crippen LogP contribution in [0.1, 0.15) is 38.8 Å². The summed E-state index contributed by atoms with van der Waals surface area (Å²) in [6.45, 7) is 27.2. The molecule has 0 amide bonds. The SMILES string of the molecule is C=CC(=O)Oc1ccc(-c2ccc(C#Cc3ccc(-c4ccc(OC(=O)C=C)c(OC(=O)C(=C)C)c4)cc3OC(=O)C(=C)C)cc2OC(=O)C(=C)C)c(OC(=O)C(=C)C)c1. The third kappa shape index (κ3) is 11.6. The summed E-state index contributed by atoms with van der Waals surface area (Å²) in [5, 5.41) is 0. The zero-order chi connectivity index (χ0) is 44.3. The Morgan fingerprint density at radius 2 is 0.900 bits per heavy atom. The first-order chi connectivity index (χ1) is 28.4. The molecule has 0 heterocycles. The maximum Gasteiger partial charge on any atom is 0.338 e. The molecule has 0 saturated carbocycles. The van der Waals surface area contributed by atoms with Crippen LogP contribution in [-0.4, -0.2) is 35.8 Å². The highest BCUT2D eigenvalue weighted by atomic mass is 16.6. The Morgan fingerprint density at radius 3 is 1.43 bits per heavy atom. The van der Waals surface area contributed by atoms with Crippen molar-refractivity contribution in [2.45, 2.75) is 27.7 Å². The van der Waals surface area contributed by atoms with Crippen LogP contribution in [0.5, 0.6) is 34.5 Å². The van der Waals surface area contributed by atoms with E-state index in [-0.39, 0.29) is 67.9 Å². The van der Waals surface area contributed by atoms with E-state index < -0.39 is 35.8 Å². The number of carbonyl (C=O) groups is 6. The molecule has 4 aromatic carbocycles. The van der Waals surface area contributed by atoms with Crippen LogP contribution in [0.4, 0.5) is 0 Å². The highest BCUT2D eigenvalue weighted by Gasteiger charge is 2.21.